The molecule has 2 amide bonds. The smallest absolute Gasteiger partial charge is 0.408 e. The van der Waals surface area contributed by atoms with Crippen LogP contribution in [0, 0.1) is 0 Å². The van der Waals surface area contributed by atoms with Gasteiger partial charge >= 0.3 is 6.09 Å². The second kappa shape index (κ2) is 7.12. The number of carbonyl (C=O) groups is 2. The summed E-state index contributed by atoms with van der Waals surface area (Å²) in [6.07, 6.45) is -0.700. The van der Waals surface area contributed by atoms with Crippen LogP contribution in [0.15, 0.2) is 0 Å². The zero-order chi connectivity index (χ0) is 14.3. The summed E-state index contributed by atoms with van der Waals surface area (Å²) in [7, 11) is 0. The predicted octanol–water partition coefficient (Wildman–Crippen LogP) is -0.726. The Labute approximate surface area is 111 Å². The van der Waals surface area contributed by atoms with Crippen LogP contribution in [-0.2, 0) is 9.53 Å². The molecule has 0 aromatic heterocycles. The molecule has 18 heavy (non-hydrogen) atoms. The lowest BCUT2D eigenvalue weighted by Gasteiger charge is -2.20. The largest absolute Gasteiger partial charge is 0.444 e. The first kappa shape index (κ1) is 16.6. The van der Waals surface area contributed by atoms with Gasteiger partial charge in [-0.3, -0.25) is 4.79 Å². The van der Waals surface area contributed by atoms with Gasteiger partial charge in [-0.1, -0.05) is 12.2 Å². The summed E-state index contributed by atoms with van der Waals surface area (Å²) in [6, 6.07) is -0.798. The van der Waals surface area contributed by atoms with Crippen molar-refractivity contribution >= 4 is 29.2 Å². The first-order valence-corrected chi connectivity index (χ1v) is 5.73. The molecule has 0 aromatic carbocycles. The molecular formula is C10H19N3O4S. The maximum Gasteiger partial charge on any atom is 0.408 e. The third-order valence-electron chi connectivity index (χ3n) is 1.65. The van der Waals surface area contributed by atoms with Crippen molar-refractivity contribution in [2.75, 3.05) is 13.2 Å². The number of alkyl carbamates (subject to hydrolysis) is 1. The minimum absolute atomic E-state index is 0.0249. The molecule has 0 saturated heterocycles. The number of amides is 2. The second-order valence-corrected chi connectivity index (χ2v) is 5.03. The molecule has 0 heterocycles. The number of nitrogens with two attached hydrogens (primary N) is 1. The van der Waals surface area contributed by atoms with Crippen LogP contribution in [0.2, 0.25) is 0 Å². The van der Waals surface area contributed by atoms with E-state index >= 15 is 0 Å². The summed E-state index contributed by atoms with van der Waals surface area (Å²) in [6.45, 7) is 4.45. The molecule has 104 valence electrons. The van der Waals surface area contributed by atoms with E-state index in [2.05, 4.69) is 22.9 Å². The Bertz CT molecular complexity index is 328. The van der Waals surface area contributed by atoms with Crippen LogP contribution >= 0.6 is 12.2 Å². The summed E-state index contributed by atoms with van der Waals surface area (Å²) in [5, 5.41) is 13.5. The normalized spacial score (nSPS) is 12.4. The van der Waals surface area contributed by atoms with E-state index < -0.39 is 30.3 Å². The Balaban J connectivity index is 4.04. The molecule has 0 rings (SSSR count). The summed E-state index contributed by atoms with van der Waals surface area (Å²) < 4.78 is 4.94. The summed E-state index contributed by atoms with van der Waals surface area (Å²) >= 11 is 4.63. The molecule has 0 bridgehead atoms. The summed E-state index contributed by atoms with van der Waals surface area (Å²) in [5.74, 6) is -0.521. The van der Waals surface area contributed by atoms with Crippen molar-refractivity contribution in [3.63, 3.8) is 0 Å². The number of nitrogens with one attached hydrogen (secondary N) is 2. The van der Waals surface area contributed by atoms with Gasteiger partial charge in [-0.25, -0.2) is 4.79 Å². The van der Waals surface area contributed by atoms with Crippen LogP contribution in [0.1, 0.15) is 20.8 Å². The van der Waals surface area contributed by atoms with Gasteiger partial charge in [0.05, 0.1) is 11.6 Å². The SMILES string of the molecule is CC(C)(C)OC(=O)NCC(=O)NC(CO)C(N)=S. The molecule has 0 aliphatic heterocycles. The molecule has 7 nitrogen and oxygen atoms in total. The number of aliphatic hydroxyl groups is 1. The van der Waals surface area contributed by atoms with Crippen LogP contribution in [0.4, 0.5) is 4.79 Å². The van der Waals surface area contributed by atoms with E-state index in [9.17, 15) is 9.59 Å². The van der Waals surface area contributed by atoms with Gasteiger partial charge in [-0.15, -0.1) is 0 Å². The molecule has 0 saturated carbocycles. The van der Waals surface area contributed by atoms with Crippen molar-refractivity contribution in [3.8, 4) is 0 Å². The maximum atomic E-state index is 11.4. The van der Waals surface area contributed by atoms with E-state index in [0.717, 1.165) is 0 Å². The lowest BCUT2D eigenvalue weighted by Crippen LogP contribution is -2.49. The van der Waals surface area contributed by atoms with Crippen molar-refractivity contribution in [1.82, 2.24) is 10.6 Å². The number of hydrogen-bond donors (Lipinski definition) is 4. The summed E-state index contributed by atoms with van der Waals surface area (Å²) in [5.41, 5.74) is 4.65. The molecule has 1 atom stereocenters. The van der Waals surface area contributed by atoms with Gasteiger partial charge in [0.25, 0.3) is 0 Å². The fourth-order valence-electron chi connectivity index (χ4n) is 0.919. The number of rotatable bonds is 5. The van der Waals surface area contributed by atoms with Crippen molar-refractivity contribution in [2.24, 2.45) is 5.73 Å². The fourth-order valence-corrected chi connectivity index (χ4v) is 1.05. The number of thiocarbonyl (C=S) groups is 1. The van der Waals surface area contributed by atoms with E-state index in [4.69, 9.17) is 15.6 Å². The average molecular weight is 277 g/mol. The van der Waals surface area contributed by atoms with E-state index in [1.807, 2.05) is 0 Å². The highest BCUT2D eigenvalue weighted by Gasteiger charge is 2.18. The van der Waals surface area contributed by atoms with Crippen LogP contribution < -0.4 is 16.4 Å². The first-order valence-electron chi connectivity index (χ1n) is 5.32. The average Bonchev–Trinajstić information content (AvgIpc) is 2.20. The van der Waals surface area contributed by atoms with Gasteiger partial charge in [0.15, 0.2) is 0 Å². The number of carbonyl (C=O) groups excluding carboxylic acids is 2. The van der Waals surface area contributed by atoms with Gasteiger partial charge in [-0.05, 0) is 20.8 Å². The Morgan fingerprint density at radius 2 is 2.00 bits per heavy atom. The molecule has 0 fully saturated rings. The standard InChI is InChI=1S/C10H19N3O4S/c1-10(2,3)17-9(16)12-4-7(15)13-6(5-14)8(11)18/h6,14H,4-5H2,1-3H3,(H2,11,18)(H,12,16)(H,13,15). The van der Waals surface area contributed by atoms with Crippen molar-refractivity contribution in [1.29, 1.82) is 0 Å². The monoisotopic (exact) mass is 277 g/mol. The van der Waals surface area contributed by atoms with Gasteiger partial charge in [0.1, 0.15) is 18.2 Å². The number of ether oxygens (including phenoxy) is 1. The van der Waals surface area contributed by atoms with Gasteiger partial charge in [0, 0.05) is 0 Å². The Kier molecular flexibility index (Phi) is 6.56. The Hall–Kier alpha value is -1.41. The van der Waals surface area contributed by atoms with Crippen molar-refractivity contribution in [3.05, 3.63) is 0 Å². The van der Waals surface area contributed by atoms with E-state index in [0.29, 0.717) is 0 Å². The summed E-state index contributed by atoms with van der Waals surface area (Å²) in [4.78, 5) is 22.6. The van der Waals surface area contributed by atoms with E-state index in [1.54, 1.807) is 20.8 Å². The highest BCUT2D eigenvalue weighted by atomic mass is 32.1. The van der Waals surface area contributed by atoms with Crippen LogP contribution in [0.3, 0.4) is 0 Å². The minimum Gasteiger partial charge on any atom is -0.444 e. The zero-order valence-electron chi connectivity index (χ0n) is 10.6. The Morgan fingerprint density at radius 1 is 1.44 bits per heavy atom. The molecule has 8 heteroatoms. The molecule has 0 spiro atoms. The lowest BCUT2D eigenvalue weighted by molar-refractivity contribution is -0.120. The highest BCUT2D eigenvalue weighted by Crippen LogP contribution is 2.05. The van der Waals surface area contributed by atoms with Crippen LogP contribution in [-0.4, -0.2) is 46.9 Å². The highest BCUT2D eigenvalue weighted by molar-refractivity contribution is 7.80. The maximum absolute atomic E-state index is 11.4. The van der Waals surface area contributed by atoms with Crippen molar-refractivity contribution in [2.45, 2.75) is 32.4 Å². The molecule has 1 unspecified atom stereocenters. The first-order chi connectivity index (χ1) is 8.15. The van der Waals surface area contributed by atoms with Gasteiger partial charge in [-0.2, -0.15) is 0 Å². The molecular weight excluding hydrogens is 258 g/mol. The lowest BCUT2D eigenvalue weighted by atomic mass is 10.2. The topological polar surface area (TPSA) is 114 Å². The minimum atomic E-state index is -0.798. The molecule has 5 N–H and O–H groups in total. The molecule has 0 radical (unpaired) electrons. The van der Waals surface area contributed by atoms with Crippen molar-refractivity contribution < 1.29 is 19.4 Å². The van der Waals surface area contributed by atoms with Crippen LogP contribution in [0.25, 0.3) is 0 Å². The Morgan fingerprint density at radius 3 is 2.39 bits per heavy atom. The number of aliphatic hydroxyl groups excluding tert-OH is 1. The van der Waals surface area contributed by atoms with Crippen LogP contribution in [0.5, 0.6) is 0 Å². The third kappa shape index (κ3) is 7.80. The third-order valence-corrected chi connectivity index (χ3v) is 1.94. The van der Waals surface area contributed by atoms with Gasteiger partial charge < -0.3 is 26.2 Å². The van der Waals surface area contributed by atoms with Gasteiger partial charge in [0.2, 0.25) is 5.91 Å². The number of hydrogen-bond acceptors (Lipinski definition) is 5. The van der Waals surface area contributed by atoms with E-state index in [-0.39, 0.29) is 11.5 Å². The molecule has 0 aliphatic rings. The fraction of sp³-hybridized carbons (Fsp3) is 0.700. The molecule has 0 aliphatic carbocycles. The quantitative estimate of drug-likeness (QED) is 0.493. The predicted molar refractivity (Wildman–Crippen MR) is 70.0 cm³/mol. The zero-order valence-corrected chi connectivity index (χ0v) is 11.5. The van der Waals surface area contributed by atoms with E-state index in [1.165, 1.54) is 0 Å². The molecule has 0 aromatic rings. The second-order valence-electron chi connectivity index (χ2n) is 4.56.